The van der Waals surface area contributed by atoms with Crippen LogP contribution < -0.4 is 10.6 Å². The summed E-state index contributed by atoms with van der Waals surface area (Å²) in [6.07, 6.45) is 3.30. The molecule has 86 valence electrons. The van der Waals surface area contributed by atoms with Crippen LogP contribution in [0.15, 0.2) is 10.6 Å². The molecule has 1 aromatic heterocycles. The Labute approximate surface area is 93.6 Å². The molecule has 1 saturated carbocycles. The lowest BCUT2D eigenvalue weighted by molar-refractivity contribution is 0.0931. The molecule has 0 bridgehead atoms. The predicted octanol–water partition coefficient (Wildman–Crippen LogP) is 0.644. The van der Waals surface area contributed by atoms with Crippen LogP contribution in [0.2, 0.25) is 0 Å². The molecule has 5 nitrogen and oxygen atoms in total. The quantitative estimate of drug-likeness (QED) is 0.786. The second kappa shape index (κ2) is 3.90. The SMILES string of the molecule is O=C(NC1CCNC1)c1cc(C2CC2)on1. The fourth-order valence-corrected chi connectivity index (χ4v) is 1.99. The third-order valence-electron chi connectivity index (χ3n) is 3.14. The van der Waals surface area contributed by atoms with Gasteiger partial charge in [-0.25, -0.2) is 0 Å². The average Bonchev–Trinajstić information content (AvgIpc) is 2.82. The lowest BCUT2D eigenvalue weighted by atomic mass is 10.2. The van der Waals surface area contributed by atoms with Crippen LogP contribution in [-0.2, 0) is 0 Å². The average molecular weight is 221 g/mol. The molecular formula is C11H15N3O2. The van der Waals surface area contributed by atoms with Gasteiger partial charge in [0.1, 0.15) is 5.76 Å². The highest BCUT2D eigenvalue weighted by Crippen LogP contribution is 2.40. The van der Waals surface area contributed by atoms with E-state index in [2.05, 4.69) is 15.8 Å². The summed E-state index contributed by atoms with van der Waals surface area (Å²) in [6.45, 7) is 1.82. The summed E-state index contributed by atoms with van der Waals surface area (Å²) in [5.41, 5.74) is 0.411. The molecule has 1 aliphatic heterocycles. The highest BCUT2D eigenvalue weighted by molar-refractivity contribution is 5.92. The van der Waals surface area contributed by atoms with E-state index in [4.69, 9.17) is 4.52 Å². The minimum absolute atomic E-state index is 0.121. The summed E-state index contributed by atoms with van der Waals surface area (Å²) >= 11 is 0. The van der Waals surface area contributed by atoms with E-state index in [1.807, 2.05) is 0 Å². The van der Waals surface area contributed by atoms with Crippen LogP contribution in [0.1, 0.15) is 41.4 Å². The summed E-state index contributed by atoms with van der Waals surface area (Å²) in [7, 11) is 0. The molecule has 2 heterocycles. The van der Waals surface area contributed by atoms with Crippen molar-refractivity contribution in [3.63, 3.8) is 0 Å². The zero-order valence-electron chi connectivity index (χ0n) is 9.03. The summed E-state index contributed by atoms with van der Waals surface area (Å²) in [5, 5.41) is 9.96. The molecule has 2 aliphatic rings. The van der Waals surface area contributed by atoms with Crippen molar-refractivity contribution < 1.29 is 9.32 Å². The molecule has 1 saturated heterocycles. The van der Waals surface area contributed by atoms with Crippen LogP contribution in [0.25, 0.3) is 0 Å². The minimum Gasteiger partial charge on any atom is -0.360 e. The van der Waals surface area contributed by atoms with Gasteiger partial charge in [-0.05, 0) is 25.8 Å². The van der Waals surface area contributed by atoms with Crippen LogP contribution in [0.3, 0.4) is 0 Å². The zero-order chi connectivity index (χ0) is 11.0. The number of carbonyl (C=O) groups excluding carboxylic acids is 1. The maximum atomic E-state index is 11.8. The maximum absolute atomic E-state index is 11.8. The summed E-state index contributed by atoms with van der Waals surface area (Å²) in [6, 6.07) is 2.00. The van der Waals surface area contributed by atoms with Gasteiger partial charge in [0.05, 0.1) is 0 Å². The van der Waals surface area contributed by atoms with Crippen LogP contribution in [0.5, 0.6) is 0 Å². The van der Waals surface area contributed by atoms with Crippen molar-refractivity contribution in [2.24, 2.45) is 0 Å². The van der Waals surface area contributed by atoms with Gasteiger partial charge in [0.2, 0.25) is 0 Å². The van der Waals surface area contributed by atoms with Crippen molar-refractivity contribution in [1.82, 2.24) is 15.8 Å². The lowest BCUT2D eigenvalue weighted by Crippen LogP contribution is -2.36. The van der Waals surface area contributed by atoms with E-state index in [1.165, 1.54) is 0 Å². The normalized spacial score (nSPS) is 24.6. The number of carbonyl (C=O) groups is 1. The zero-order valence-corrected chi connectivity index (χ0v) is 9.03. The van der Waals surface area contributed by atoms with Gasteiger partial charge in [0.25, 0.3) is 5.91 Å². The number of amides is 1. The Balaban J connectivity index is 1.63. The number of hydrogen-bond donors (Lipinski definition) is 2. The van der Waals surface area contributed by atoms with E-state index >= 15 is 0 Å². The van der Waals surface area contributed by atoms with E-state index in [0.717, 1.165) is 38.1 Å². The molecule has 1 amide bonds. The van der Waals surface area contributed by atoms with Crippen molar-refractivity contribution in [2.75, 3.05) is 13.1 Å². The Kier molecular flexibility index (Phi) is 2.40. The molecule has 2 fully saturated rings. The third-order valence-corrected chi connectivity index (χ3v) is 3.14. The van der Waals surface area contributed by atoms with Crippen molar-refractivity contribution in [1.29, 1.82) is 0 Å². The molecule has 3 rings (SSSR count). The molecule has 16 heavy (non-hydrogen) atoms. The molecule has 1 aliphatic carbocycles. The molecule has 0 radical (unpaired) electrons. The summed E-state index contributed by atoms with van der Waals surface area (Å²) in [5.74, 6) is 1.24. The van der Waals surface area contributed by atoms with Crippen molar-refractivity contribution >= 4 is 5.91 Å². The number of nitrogens with zero attached hydrogens (tertiary/aromatic N) is 1. The Hall–Kier alpha value is -1.36. The van der Waals surface area contributed by atoms with Gasteiger partial charge >= 0.3 is 0 Å². The van der Waals surface area contributed by atoms with Crippen molar-refractivity contribution in [2.45, 2.75) is 31.2 Å². The van der Waals surface area contributed by atoms with Gasteiger partial charge in [-0.1, -0.05) is 5.16 Å². The fraction of sp³-hybridized carbons (Fsp3) is 0.636. The van der Waals surface area contributed by atoms with Gasteiger partial charge in [-0.3, -0.25) is 4.79 Å². The molecule has 1 aromatic rings. The Morgan fingerprint density at radius 3 is 3.06 bits per heavy atom. The molecule has 1 unspecified atom stereocenters. The van der Waals surface area contributed by atoms with Gasteiger partial charge in [0, 0.05) is 24.6 Å². The predicted molar refractivity (Wildman–Crippen MR) is 57.2 cm³/mol. The van der Waals surface area contributed by atoms with Gasteiger partial charge in [-0.15, -0.1) is 0 Å². The second-order valence-corrected chi connectivity index (χ2v) is 4.55. The monoisotopic (exact) mass is 221 g/mol. The first-order chi connectivity index (χ1) is 7.83. The highest BCUT2D eigenvalue weighted by atomic mass is 16.5. The number of hydrogen-bond acceptors (Lipinski definition) is 4. The molecule has 0 aromatic carbocycles. The van der Waals surface area contributed by atoms with E-state index in [0.29, 0.717) is 11.6 Å². The molecular weight excluding hydrogens is 206 g/mol. The standard InChI is InChI=1S/C11H15N3O2/c15-11(13-8-3-4-12-6-8)9-5-10(16-14-9)7-1-2-7/h5,7-8,12H,1-4,6H2,(H,13,15). The summed E-state index contributed by atoms with van der Waals surface area (Å²) in [4.78, 5) is 11.8. The first-order valence-corrected chi connectivity index (χ1v) is 5.81. The largest absolute Gasteiger partial charge is 0.360 e. The Morgan fingerprint density at radius 1 is 1.50 bits per heavy atom. The van der Waals surface area contributed by atoms with E-state index in [1.54, 1.807) is 6.07 Å². The van der Waals surface area contributed by atoms with E-state index in [9.17, 15) is 4.79 Å². The van der Waals surface area contributed by atoms with Gasteiger partial charge in [0.15, 0.2) is 5.69 Å². The maximum Gasteiger partial charge on any atom is 0.273 e. The van der Waals surface area contributed by atoms with Crippen LogP contribution in [0.4, 0.5) is 0 Å². The molecule has 5 heteroatoms. The fourth-order valence-electron chi connectivity index (χ4n) is 1.99. The van der Waals surface area contributed by atoms with E-state index in [-0.39, 0.29) is 11.9 Å². The first kappa shape index (κ1) is 9.84. The highest BCUT2D eigenvalue weighted by Gasteiger charge is 2.29. The van der Waals surface area contributed by atoms with Crippen molar-refractivity contribution in [3.8, 4) is 0 Å². The molecule has 0 spiro atoms. The van der Waals surface area contributed by atoms with Crippen molar-refractivity contribution in [3.05, 3.63) is 17.5 Å². The Morgan fingerprint density at radius 2 is 2.38 bits per heavy atom. The van der Waals surface area contributed by atoms with Gasteiger partial charge < -0.3 is 15.2 Å². The van der Waals surface area contributed by atoms with Crippen LogP contribution in [-0.4, -0.2) is 30.2 Å². The third kappa shape index (κ3) is 1.95. The number of rotatable bonds is 3. The second-order valence-electron chi connectivity index (χ2n) is 4.55. The van der Waals surface area contributed by atoms with Crippen LogP contribution >= 0.6 is 0 Å². The van der Waals surface area contributed by atoms with Gasteiger partial charge in [-0.2, -0.15) is 0 Å². The minimum atomic E-state index is -0.121. The molecule has 1 atom stereocenters. The Bertz CT molecular complexity index is 392. The smallest absolute Gasteiger partial charge is 0.273 e. The first-order valence-electron chi connectivity index (χ1n) is 5.81. The number of aromatic nitrogens is 1. The topological polar surface area (TPSA) is 67.2 Å². The summed E-state index contributed by atoms with van der Waals surface area (Å²) < 4.78 is 5.15. The molecule has 2 N–H and O–H groups in total. The van der Waals surface area contributed by atoms with Crippen LogP contribution in [0, 0.1) is 0 Å². The van der Waals surface area contributed by atoms with E-state index < -0.39 is 0 Å². The number of nitrogens with one attached hydrogen (secondary N) is 2. The lowest BCUT2D eigenvalue weighted by Gasteiger charge is -2.08.